The maximum absolute atomic E-state index is 13.3. The summed E-state index contributed by atoms with van der Waals surface area (Å²) in [4.78, 5) is 12.4. The quantitative estimate of drug-likeness (QED) is 0.755. The Balaban J connectivity index is 1.63. The van der Waals surface area contributed by atoms with Gasteiger partial charge in [0.2, 0.25) is 15.9 Å². The van der Waals surface area contributed by atoms with Crippen LogP contribution in [0.3, 0.4) is 0 Å². The lowest BCUT2D eigenvalue weighted by Gasteiger charge is -2.30. The molecule has 1 aliphatic rings. The van der Waals surface area contributed by atoms with Gasteiger partial charge in [0.15, 0.2) is 0 Å². The number of hydrogen-bond acceptors (Lipinski definition) is 3. The lowest BCUT2D eigenvalue weighted by molar-refractivity contribution is -0.120. The van der Waals surface area contributed by atoms with E-state index >= 15 is 0 Å². The lowest BCUT2D eigenvalue weighted by Crippen LogP contribution is -2.41. The molecule has 1 amide bonds. The molecule has 1 N–H and O–H groups in total. The molecule has 0 aromatic heterocycles. The number of nitrogens with one attached hydrogen (secondary N) is 1. The molecule has 3 rings (SSSR count). The second-order valence-electron chi connectivity index (χ2n) is 6.71. The molecule has 1 saturated heterocycles. The molecule has 9 heteroatoms. The first-order valence-electron chi connectivity index (χ1n) is 8.70. The standard InChI is InChI=1S/C19H19Cl2FN2O3S/c1-12-2-3-14(10-16(12)20)23-19(25)13-6-8-24(9-7-13)28(26,27)15-4-5-18(22)17(21)11-15/h2-5,10-11,13H,6-9H2,1H3,(H,23,25). The lowest BCUT2D eigenvalue weighted by atomic mass is 9.97. The van der Waals surface area contributed by atoms with Gasteiger partial charge in [0.05, 0.1) is 9.92 Å². The van der Waals surface area contributed by atoms with Crippen LogP contribution in [-0.4, -0.2) is 31.7 Å². The molecule has 1 fully saturated rings. The monoisotopic (exact) mass is 444 g/mol. The number of carbonyl (C=O) groups excluding carboxylic acids is 1. The van der Waals surface area contributed by atoms with Crippen LogP contribution in [0.5, 0.6) is 0 Å². The van der Waals surface area contributed by atoms with Gasteiger partial charge < -0.3 is 5.32 Å². The fourth-order valence-electron chi connectivity index (χ4n) is 3.06. The van der Waals surface area contributed by atoms with Crippen LogP contribution in [-0.2, 0) is 14.8 Å². The molecule has 0 unspecified atom stereocenters. The van der Waals surface area contributed by atoms with Gasteiger partial charge in [0, 0.05) is 29.7 Å². The highest BCUT2D eigenvalue weighted by Crippen LogP contribution is 2.27. The molecule has 1 aliphatic heterocycles. The summed E-state index contributed by atoms with van der Waals surface area (Å²) in [7, 11) is -3.79. The fraction of sp³-hybridized carbons (Fsp3) is 0.316. The van der Waals surface area contributed by atoms with Crippen molar-refractivity contribution < 1.29 is 17.6 Å². The third-order valence-corrected chi connectivity index (χ3v) is 7.38. The van der Waals surface area contributed by atoms with E-state index in [1.807, 2.05) is 13.0 Å². The number of anilines is 1. The molecule has 0 aliphatic carbocycles. The third kappa shape index (κ3) is 4.49. The predicted molar refractivity (Wildman–Crippen MR) is 108 cm³/mol. The molecule has 2 aromatic rings. The van der Waals surface area contributed by atoms with Crippen LogP contribution in [0.4, 0.5) is 10.1 Å². The van der Waals surface area contributed by atoms with Crippen molar-refractivity contribution in [2.24, 2.45) is 5.92 Å². The van der Waals surface area contributed by atoms with Gasteiger partial charge in [-0.2, -0.15) is 4.31 Å². The van der Waals surface area contributed by atoms with Gasteiger partial charge in [-0.05, 0) is 55.7 Å². The van der Waals surface area contributed by atoms with Crippen molar-refractivity contribution in [3.63, 3.8) is 0 Å². The van der Waals surface area contributed by atoms with Gasteiger partial charge in [0.1, 0.15) is 5.82 Å². The van der Waals surface area contributed by atoms with Crippen LogP contribution < -0.4 is 5.32 Å². The number of amides is 1. The maximum atomic E-state index is 13.3. The maximum Gasteiger partial charge on any atom is 0.243 e. The molecule has 150 valence electrons. The summed E-state index contributed by atoms with van der Waals surface area (Å²) < 4.78 is 40.0. The zero-order chi connectivity index (χ0) is 20.5. The Morgan fingerprint density at radius 3 is 2.39 bits per heavy atom. The molecule has 28 heavy (non-hydrogen) atoms. The molecular weight excluding hydrogens is 426 g/mol. The van der Waals surface area contributed by atoms with Gasteiger partial charge >= 0.3 is 0 Å². The van der Waals surface area contributed by atoms with Gasteiger partial charge in [-0.1, -0.05) is 29.3 Å². The molecule has 0 radical (unpaired) electrons. The molecule has 0 atom stereocenters. The highest BCUT2D eigenvalue weighted by molar-refractivity contribution is 7.89. The first-order valence-corrected chi connectivity index (χ1v) is 10.9. The number of sulfonamides is 1. The Morgan fingerprint density at radius 2 is 1.79 bits per heavy atom. The Labute approximate surface area is 173 Å². The Bertz CT molecular complexity index is 1010. The zero-order valence-corrected chi connectivity index (χ0v) is 17.4. The minimum Gasteiger partial charge on any atom is -0.326 e. The second kappa shape index (κ2) is 8.37. The van der Waals surface area contributed by atoms with Crippen molar-refractivity contribution in [2.45, 2.75) is 24.7 Å². The number of halogens is 3. The first-order chi connectivity index (χ1) is 13.2. The van der Waals surface area contributed by atoms with E-state index < -0.39 is 15.8 Å². The van der Waals surface area contributed by atoms with E-state index in [0.29, 0.717) is 23.6 Å². The third-order valence-electron chi connectivity index (χ3n) is 4.79. The van der Waals surface area contributed by atoms with E-state index in [1.54, 1.807) is 12.1 Å². The van der Waals surface area contributed by atoms with Crippen LogP contribution in [0.15, 0.2) is 41.3 Å². The number of nitrogens with zero attached hydrogens (tertiary/aromatic N) is 1. The topological polar surface area (TPSA) is 66.5 Å². The van der Waals surface area contributed by atoms with Crippen LogP contribution in [0.25, 0.3) is 0 Å². The van der Waals surface area contributed by atoms with Crippen LogP contribution >= 0.6 is 23.2 Å². The van der Waals surface area contributed by atoms with Gasteiger partial charge in [-0.3, -0.25) is 4.79 Å². The number of rotatable bonds is 4. The van der Waals surface area contributed by atoms with Crippen molar-refractivity contribution in [1.82, 2.24) is 4.31 Å². The van der Waals surface area contributed by atoms with Crippen molar-refractivity contribution in [2.75, 3.05) is 18.4 Å². The Morgan fingerprint density at radius 1 is 1.11 bits per heavy atom. The van der Waals surface area contributed by atoms with E-state index in [1.165, 1.54) is 10.4 Å². The average molecular weight is 445 g/mol. The van der Waals surface area contributed by atoms with Gasteiger partial charge in [0.25, 0.3) is 0 Å². The second-order valence-corrected chi connectivity index (χ2v) is 9.46. The summed E-state index contributed by atoms with van der Waals surface area (Å²) >= 11 is 11.8. The molecule has 0 spiro atoms. The first kappa shape index (κ1) is 21.0. The SMILES string of the molecule is Cc1ccc(NC(=O)C2CCN(S(=O)(=O)c3ccc(F)c(Cl)c3)CC2)cc1Cl. The predicted octanol–water partition coefficient (Wildman–Crippen LogP) is 4.48. The van der Waals surface area contributed by atoms with Crippen LogP contribution in [0.1, 0.15) is 18.4 Å². The number of benzene rings is 2. The van der Waals surface area contributed by atoms with Crippen molar-refractivity contribution in [3.8, 4) is 0 Å². The summed E-state index contributed by atoms with van der Waals surface area (Å²) in [6, 6.07) is 8.61. The Hall–Kier alpha value is -1.67. The molecule has 2 aromatic carbocycles. The highest BCUT2D eigenvalue weighted by Gasteiger charge is 2.32. The van der Waals surface area contributed by atoms with E-state index in [0.717, 1.165) is 17.7 Å². The smallest absolute Gasteiger partial charge is 0.243 e. The molecular formula is C19H19Cl2FN2O3S. The average Bonchev–Trinajstić information content (AvgIpc) is 2.67. The fourth-order valence-corrected chi connectivity index (χ4v) is 4.98. The van der Waals surface area contributed by atoms with E-state index in [-0.39, 0.29) is 34.8 Å². The van der Waals surface area contributed by atoms with E-state index in [9.17, 15) is 17.6 Å². The summed E-state index contributed by atoms with van der Waals surface area (Å²) in [5.74, 6) is -1.14. The van der Waals surface area contributed by atoms with Crippen molar-refractivity contribution >= 4 is 44.8 Å². The zero-order valence-electron chi connectivity index (χ0n) is 15.1. The van der Waals surface area contributed by atoms with E-state index in [4.69, 9.17) is 23.2 Å². The highest BCUT2D eigenvalue weighted by atomic mass is 35.5. The molecule has 0 saturated carbocycles. The molecule has 0 bridgehead atoms. The van der Waals surface area contributed by atoms with Gasteiger partial charge in [-0.15, -0.1) is 0 Å². The van der Waals surface area contributed by atoms with E-state index in [2.05, 4.69) is 5.32 Å². The van der Waals surface area contributed by atoms with Gasteiger partial charge in [-0.25, -0.2) is 12.8 Å². The number of piperidine rings is 1. The van der Waals surface area contributed by atoms with Crippen LogP contribution in [0.2, 0.25) is 10.0 Å². The number of hydrogen-bond donors (Lipinski definition) is 1. The number of aryl methyl sites for hydroxylation is 1. The van der Waals surface area contributed by atoms with Crippen LogP contribution in [0, 0.1) is 18.7 Å². The molecule has 1 heterocycles. The summed E-state index contributed by atoms with van der Waals surface area (Å²) in [5, 5.41) is 3.15. The summed E-state index contributed by atoms with van der Waals surface area (Å²) in [6.45, 7) is 2.27. The largest absolute Gasteiger partial charge is 0.326 e. The minimum atomic E-state index is -3.79. The normalized spacial score (nSPS) is 16.1. The Kier molecular flexibility index (Phi) is 6.29. The number of carbonyl (C=O) groups is 1. The summed E-state index contributed by atoms with van der Waals surface area (Å²) in [5.41, 5.74) is 1.52. The molecule has 5 nitrogen and oxygen atoms in total. The minimum absolute atomic E-state index is 0.0592. The van der Waals surface area contributed by atoms with Crippen molar-refractivity contribution in [3.05, 3.63) is 57.8 Å². The summed E-state index contributed by atoms with van der Waals surface area (Å²) in [6.07, 6.45) is 0.777. The van der Waals surface area contributed by atoms with Crippen molar-refractivity contribution in [1.29, 1.82) is 0 Å².